The first-order valence-corrected chi connectivity index (χ1v) is 6.60. The van der Waals surface area contributed by atoms with E-state index in [1.165, 1.54) is 32.1 Å². The van der Waals surface area contributed by atoms with Crippen molar-refractivity contribution in [3.8, 4) is 5.88 Å². The summed E-state index contributed by atoms with van der Waals surface area (Å²) in [5.74, 6) is 0.807. The predicted octanol–water partition coefficient (Wildman–Crippen LogP) is 3.07. The lowest BCUT2D eigenvalue weighted by atomic mass is 9.98. The number of hydrogen-bond donors (Lipinski definition) is 1. The van der Waals surface area contributed by atoms with Crippen molar-refractivity contribution in [2.45, 2.75) is 51.2 Å². The average Bonchev–Trinajstić information content (AvgIpc) is 2.40. The van der Waals surface area contributed by atoms with Gasteiger partial charge in [0.1, 0.15) is 6.10 Å². The van der Waals surface area contributed by atoms with Gasteiger partial charge >= 0.3 is 0 Å². The van der Waals surface area contributed by atoms with Gasteiger partial charge in [0.05, 0.1) is 0 Å². The first kappa shape index (κ1) is 12.4. The summed E-state index contributed by atoms with van der Waals surface area (Å²) < 4.78 is 6.06. The molecule has 1 atom stereocenters. The van der Waals surface area contributed by atoms with Crippen LogP contribution in [0.3, 0.4) is 0 Å². The molecular formula is C14H22N2O. The third kappa shape index (κ3) is 3.19. The Kier molecular flexibility index (Phi) is 4.37. The van der Waals surface area contributed by atoms with Crippen LogP contribution >= 0.6 is 0 Å². The van der Waals surface area contributed by atoms with Gasteiger partial charge in [-0.05, 0) is 45.7 Å². The minimum absolute atomic E-state index is 0.280. The lowest BCUT2D eigenvalue weighted by molar-refractivity contribution is 0.146. The number of hydrogen-bond acceptors (Lipinski definition) is 3. The summed E-state index contributed by atoms with van der Waals surface area (Å²) in [6.07, 6.45) is 8.43. The molecule has 94 valence electrons. The van der Waals surface area contributed by atoms with E-state index >= 15 is 0 Å². The van der Waals surface area contributed by atoms with E-state index in [1.54, 1.807) is 0 Å². The molecule has 1 saturated carbocycles. The Morgan fingerprint density at radius 2 is 2.12 bits per heavy atom. The van der Waals surface area contributed by atoms with Crippen molar-refractivity contribution >= 4 is 0 Å². The number of pyridine rings is 1. The van der Waals surface area contributed by atoms with Crippen LogP contribution in [0.2, 0.25) is 0 Å². The summed E-state index contributed by atoms with van der Waals surface area (Å²) in [6.45, 7) is 2.13. The molecule has 0 spiro atoms. The van der Waals surface area contributed by atoms with Crippen molar-refractivity contribution in [1.82, 2.24) is 10.3 Å². The van der Waals surface area contributed by atoms with Gasteiger partial charge < -0.3 is 10.1 Å². The molecule has 3 heteroatoms. The van der Waals surface area contributed by atoms with Gasteiger partial charge in [0.25, 0.3) is 0 Å². The second-order valence-corrected chi connectivity index (χ2v) is 4.79. The van der Waals surface area contributed by atoms with E-state index in [-0.39, 0.29) is 6.04 Å². The van der Waals surface area contributed by atoms with Crippen LogP contribution in [0.1, 0.15) is 50.6 Å². The number of aromatic nitrogens is 1. The molecule has 1 aromatic heterocycles. The molecule has 1 aromatic rings. The maximum Gasteiger partial charge on any atom is 0.218 e. The van der Waals surface area contributed by atoms with Crippen LogP contribution in [-0.4, -0.2) is 18.1 Å². The van der Waals surface area contributed by atoms with Gasteiger partial charge in [-0.1, -0.05) is 12.5 Å². The summed E-state index contributed by atoms with van der Waals surface area (Å²) in [7, 11) is 1.96. The van der Waals surface area contributed by atoms with Gasteiger partial charge in [0, 0.05) is 17.8 Å². The molecule has 0 aliphatic heterocycles. The van der Waals surface area contributed by atoms with Gasteiger partial charge in [-0.2, -0.15) is 0 Å². The highest BCUT2D eigenvalue weighted by atomic mass is 16.5. The Balaban J connectivity index is 2.08. The molecule has 0 aromatic carbocycles. The summed E-state index contributed by atoms with van der Waals surface area (Å²) >= 11 is 0. The van der Waals surface area contributed by atoms with Crippen LogP contribution in [0.15, 0.2) is 18.3 Å². The molecule has 2 rings (SSSR count). The number of nitrogens with zero attached hydrogens (tertiary/aromatic N) is 1. The molecule has 1 heterocycles. The smallest absolute Gasteiger partial charge is 0.218 e. The molecule has 0 radical (unpaired) electrons. The van der Waals surface area contributed by atoms with Crippen LogP contribution < -0.4 is 10.1 Å². The van der Waals surface area contributed by atoms with Crippen LogP contribution in [0.25, 0.3) is 0 Å². The normalized spacial score (nSPS) is 18.9. The summed E-state index contributed by atoms with van der Waals surface area (Å²) in [5, 5.41) is 3.24. The second-order valence-electron chi connectivity index (χ2n) is 4.79. The van der Waals surface area contributed by atoms with E-state index in [0.717, 1.165) is 11.4 Å². The van der Waals surface area contributed by atoms with Crippen molar-refractivity contribution in [2.75, 3.05) is 7.05 Å². The highest BCUT2D eigenvalue weighted by Crippen LogP contribution is 2.27. The maximum absolute atomic E-state index is 6.06. The SMILES string of the molecule is CNC(C)c1cccnc1OC1CCCCC1. The Morgan fingerprint density at radius 1 is 1.35 bits per heavy atom. The standard InChI is InChI=1S/C14H22N2O/c1-11(15-2)13-9-6-10-16-14(13)17-12-7-4-3-5-8-12/h6,9-12,15H,3-5,7-8H2,1-2H3. The van der Waals surface area contributed by atoms with E-state index in [4.69, 9.17) is 4.74 Å². The van der Waals surface area contributed by atoms with Gasteiger partial charge in [-0.15, -0.1) is 0 Å². The first-order valence-electron chi connectivity index (χ1n) is 6.60. The molecule has 0 bridgehead atoms. The molecule has 1 aliphatic carbocycles. The molecule has 0 saturated heterocycles. The van der Waals surface area contributed by atoms with Crippen LogP contribution in [0, 0.1) is 0 Å². The molecular weight excluding hydrogens is 212 g/mol. The highest BCUT2D eigenvalue weighted by Gasteiger charge is 2.18. The zero-order valence-electron chi connectivity index (χ0n) is 10.8. The van der Waals surface area contributed by atoms with E-state index < -0.39 is 0 Å². The van der Waals surface area contributed by atoms with Gasteiger partial charge in [-0.3, -0.25) is 0 Å². The van der Waals surface area contributed by atoms with Crippen molar-refractivity contribution in [3.05, 3.63) is 23.9 Å². The Hall–Kier alpha value is -1.09. The molecule has 17 heavy (non-hydrogen) atoms. The fraction of sp³-hybridized carbons (Fsp3) is 0.643. The molecule has 1 unspecified atom stereocenters. The van der Waals surface area contributed by atoms with E-state index in [2.05, 4.69) is 23.3 Å². The Labute approximate surface area is 104 Å². The molecule has 1 fully saturated rings. The monoisotopic (exact) mass is 234 g/mol. The fourth-order valence-corrected chi connectivity index (χ4v) is 2.33. The number of ether oxygens (including phenoxy) is 1. The number of rotatable bonds is 4. The van der Waals surface area contributed by atoms with E-state index in [1.807, 2.05) is 19.3 Å². The van der Waals surface area contributed by atoms with E-state index in [9.17, 15) is 0 Å². The average molecular weight is 234 g/mol. The molecule has 1 N–H and O–H groups in total. The quantitative estimate of drug-likeness (QED) is 0.869. The van der Waals surface area contributed by atoms with Gasteiger partial charge in [-0.25, -0.2) is 4.98 Å². The predicted molar refractivity (Wildman–Crippen MR) is 69.2 cm³/mol. The van der Waals surface area contributed by atoms with Crippen LogP contribution in [0.5, 0.6) is 5.88 Å². The van der Waals surface area contributed by atoms with Crippen molar-refractivity contribution < 1.29 is 4.74 Å². The highest BCUT2D eigenvalue weighted by molar-refractivity contribution is 5.28. The summed E-state index contributed by atoms with van der Waals surface area (Å²) in [4.78, 5) is 4.38. The Morgan fingerprint density at radius 3 is 2.82 bits per heavy atom. The van der Waals surface area contributed by atoms with Crippen LogP contribution in [0.4, 0.5) is 0 Å². The lowest BCUT2D eigenvalue weighted by Gasteiger charge is -2.24. The zero-order chi connectivity index (χ0) is 12.1. The minimum Gasteiger partial charge on any atom is -0.474 e. The fourth-order valence-electron chi connectivity index (χ4n) is 2.33. The summed E-state index contributed by atoms with van der Waals surface area (Å²) in [6, 6.07) is 4.34. The van der Waals surface area contributed by atoms with Gasteiger partial charge in [0.2, 0.25) is 5.88 Å². The third-order valence-electron chi connectivity index (χ3n) is 3.53. The second kappa shape index (κ2) is 6.01. The number of nitrogens with one attached hydrogen (secondary N) is 1. The molecule has 3 nitrogen and oxygen atoms in total. The maximum atomic E-state index is 6.06. The first-order chi connectivity index (χ1) is 8.31. The summed E-state index contributed by atoms with van der Waals surface area (Å²) in [5.41, 5.74) is 1.15. The topological polar surface area (TPSA) is 34.2 Å². The largest absolute Gasteiger partial charge is 0.474 e. The third-order valence-corrected chi connectivity index (χ3v) is 3.53. The molecule has 1 aliphatic rings. The molecule has 0 amide bonds. The van der Waals surface area contributed by atoms with Crippen molar-refractivity contribution in [1.29, 1.82) is 0 Å². The Bertz CT molecular complexity index is 348. The van der Waals surface area contributed by atoms with Crippen molar-refractivity contribution in [2.24, 2.45) is 0 Å². The lowest BCUT2D eigenvalue weighted by Crippen LogP contribution is -2.22. The minimum atomic E-state index is 0.280. The van der Waals surface area contributed by atoms with Crippen LogP contribution in [-0.2, 0) is 0 Å². The van der Waals surface area contributed by atoms with E-state index in [0.29, 0.717) is 6.10 Å². The van der Waals surface area contributed by atoms with Crippen molar-refractivity contribution in [3.63, 3.8) is 0 Å². The van der Waals surface area contributed by atoms with Gasteiger partial charge in [0.15, 0.2) is 0 Å². The zero-order valence-corrected chi connectivity index (χ0v) is 10.8.